The number of imidazole rings is 1. The molecule has 7 heteroatoms. The standard InChI is InChI=1S/C11H16N4O3/c1-11(10(12)17)7-15(5-6-18-11)9(16)8-13-3-4-14(8)2/h3-4H,5-7H2,1-2H3,(H2,12,17)/t11-/m1/s1. The molecular formula is C11H16N4O3. The van der Waals surface area contributed by atoms with Crippen LogP contribution < -0.4 is 5.73 Å². The largest absolute Gasteiger partial charge is 0.367 e. The Labute approximate surface area is 105 Å². The van der Waals surface area contributed by atoms with Crippen LogP contribution in [-0.4, -0.2) is 51.6 Å². The number of hydrogen-bond donors (Lipinski definition) is 1. The van der Waals surface area contributed by atoms with Gasteiger partial charge in [-0.2, -0.15) is 0 Å². The Bertz CT molecular complexity index is 484. The minimum Gasteiger partial charge on any atom is -0.367 e. The van der Waals surface area contributed by atoms with Gasteiger partial charge in [0.2, 0.25) is 0 Å². The van der Waals surface area contributed by atoms with Crippen molar-refractivity contribution >= 4 is 11.8 Å². The molecule has 1 saturated heterocycles. The van der Waals surface area contributed by atoms with Gasteiger partial charge in [-0.15, -0.1) is 0 Å². The van der Waals surface area contributed by atoms with Crippen LogP contribution in [0.2, 0.25) is 0 Å². The van der Waals surface area contributed by atoms with Crippen molar-refractivity contribution in [1.29, 1.82) is 0 Å². The van der Waals surface area contributed by atoms with Gasteiger partial charge in [0.15, 0.2) is 11.4 Å². The van der Waals surface area contributed by atoms with E-state index >= 15 is 0 Å². The number of ether oxygens (including phenoxy) is 1. The Kier molecular flexibility index (Phi) is 3.08. The van der Waals surface area contributed by atoms with E-state index in [2.05, 4.69) is 4.98 Å². The first-order valence-corrected chi connectivity index (χ1v) is 5.64. The molecule has 0 unspecified atom stereocenters. The third kappa shape index (κ3) is 2.08. The van der Waals surface area contributed by atoms with Gasteiger partial charge >= 0.3 is 0 Å². The lowest BCUT2D eigenvalue weighted by Gasteiger charge is -2.38. The maximum Gasteiger partial charge on any atom is 0.290 e. The van der Waals surface area contributed by atoms with Crippen LogP contribution in [0.25, 0.3) is 0 Å². The van der Waals surface area contributed by atoms with Crippen LogP contribution in [0.15, 0.2) is 12.4 Å². The van der Waals surface area contributed by atoms with Crippen molar-refractivity contribution in [2.24, 2.45) is 12.8 Å². The third-order valence-corrected chi connectivity index (χ3v) is 3.10. The summed E-state index contributed by atoms with van der Waals surface area (Å²) in [7, 11) is 1.74. The minimum absolute atomic E-state index is 0.147. The lowest BCUT2D eigenvalue weighted by Crippen LogP contribution is -2.58. The number of amides is 2. The van der Waals surface area contributed by atoms with Crippen LogP contribution in [0.5, 0.6) is 0 Å². The highest BCUT2D eigenvalue weighted by Crippen LogP contribution is 2.18. The second-order valence-corrected chi connectivity index (χ2v) is 4.53. The van der Waals surface area contributed by atoms with Crippen LogP contribution in [-0.2, 0) is 16.6 Å². The number of hydrogen-bond acceptors (Lipinski definition) is 4. The summed E-state index contributed by atoms with van der Waals surface area (Å²) in [6.07, 6.45) is 3.25. The highest BCUT2D eigenvalue weighted by molar-refractivity contribution is 5.92. The molecule has 1 aromatic heterocycles. The van der Waals surface area contributed by atoms with Crippen LogP contribution in [0.4, 0.5) is 0 Å². The van der Waals surface area contributed by atoms with Gasteiger partial charge in [0.05, 0.1) is 13.2 Å². The fraction of sp³-hybridized carbons (Fsp3) is 0.545. The van der Waals surface area contributed by atoms with Gasteiger partial charge in [-0.25, -0.2) is 4.98 Å². The first-order valence-electron chi connectivity index (χ1n) is 5.64. The first kappa shape index (κ1) is 12.6. The predicted octanol–water partition coefficient (Wildman–Crippen LogP) is -0.863. The van der Waals surface area contributed by atoms with Gasteiger partial charge in [-0.05, 0) is 6.92 Å². The quantitative estimate of drug-likeness (QED) is 0.741. The lowest BCUT2D eigenvalue weighted by molar-refractivity contribution is -0.150. The van der Waals surface area contributed by atoms with Gasteiger partial charge < -0.3 is 19.9 Å². The number of nitrogens with two attached hydrogens (primary N) is 1. The predicted molar refractivity (Wildman–Crippen MR) is 62.7 cm³/mol. The zero-order valence-electron chi connectivity index (χ0n) is 10.4. The summed E-state index contributed by atoms with van der Waals surface area (Å²) < 4.78 is 7.00. The van der Waals surface area contributed by atoms with Gasteiger partial charge in [0.25, 0.3) is 11.8 Å². The Balaban J connectivity index is 2.17. The molecule has 1 aromatic rings. The van der Waals surface area contributed by atoms with Gasteiger partial charge in [-0.3, -0.25) is 9.59 Å². The molecule has 2 heterocycles. The number of carbonyl (C=O) groups excluding carboxylic acids is 2. The molecule has 1 fully saturated rings. The highest BCUT2D eigenvalue weighted by atomic mass is 16.5. The Morgan fingerprint density at radius 3 is 2.83 bits per heavy atom. The smallest absolute Gasteiger partial charge is 0.290 e. The molecule has 0 saturated carbocycles. The summed E-state index contributed by atoms with van der Waals surface area (Å²) in [6.45, 7) is 2.45. The second kappa shape index (κ2) is 4.41. The monoisotopic (exact) mass is 252 g/mol. The summed E-state index contributed by atoms with van der Waals surface area (Å²) in [5.41, 5.74) is 4.16. The van der Waals surface area contributed by atoms with Gasteiger partial charge in [0.1, 0.15) is 0 Å². The fourth-order valence-electron chi connectivity index (χ4n) is 1.91. The topological polar surface area (TPSA) is 90.4 Å². The second-order valence-electron chi connectivity index (χ2n) is 4.53. The molecule has 1 aliphatic rings. The lowest BCUT2D eigenvalue weighted by atomic mass is 10.0. The van der Waals surface area contributed by atoms with E-state index in [-0.39, 0.29) is 19.1 Å². The molecule has 2 amide bonds. The molecular weight excluding hydrogens is 236 g/mol. The number of morpholine rings is 1. The number of rotatable bonds is 2. The number of primary amides is 1. The van der Waals surface area contributed by atoms with E-state index in [1.54, 1.807) is 30.9 Å². The van der Waals surface area contributed by atoms with E-state index < -0.39 is 11.5 Å². The van der Waals surface area contributed by atoms with E-state index in [1.807, 2.05) is 0 Å². The van der Waals surface area contributed by atoms with E-state index in [4.69, 9.17) is 10.5 Å². The Hall–Kier alpha value is -1.89. The Morgan fingerprint density at radius 2 is 2.28 bits per heavy atom. The summed E-state index contributed by atoms with van der Waals surface area (Å²) in [5, 5.41) is 0. The number of aryl methyl sites for hydroxylation is 1. The number of aromatic nitrogens is 2. The molecule has 18 heavy (non-hydrogen) atoms. The summed E-state index contributed by atoms with van der Waals surface area (Å²) in [4.78, 5) is 29.1. The zero-order valence-corrected chi connectivity index (χ0v) is 10.4. The molecule has 2 N–H and O–H groups in total. The molecule has 0 spiro atoms. The molecule has 0 bridgehead atoms. The summed E-state index contributed by atoms with van der Waals surface area (Å²) in [6, 6.07) is 0. The maximum absolute atomic E-state index is 12.2. The van der Waals surface area contributed by atoms with Crippen LogP contribution in [0.3, 0.4) is 0 Å². The number of nitrogens with zero attached hydrogens (tertiary/aromatic N) is 3. The van der Waals surface area contributed by atoms with Gasteiger partial charge in [0, 0.05) is 26.0 Å². The van der Waals surface area contributed by atoms with E-state index in [1.165, 1.54) is 4.90 Å². The van der Waals surface area contributed by atoms with Crippen molar-refractivity contribution in [3.63, 3.8) is 0 Å². The summed E-state index contributed by atoms with van der Waals surface area (Å²) >= 11 is 0. The molecule has 0 aromatic carbocycles. The van der Waals surface area contributed by atoms with Crippen molar-refractivity contribution in [3.05, 3.63) is 18.2 Å². The van der Waals surface area contributed by atoms with Crippen molar-refractivity contribution in [2.75, 3.05) is 19.7 Å². The minimum atomic E-state index is -1.13. The van der Waals surface area contributed by atoms with E-state index in [9.17, 15) is 9.59 Å². The van der Waals surface area contributed by atoms with E-state index in [0.717, 1.165) is 0 Å². The maximum atomic E-state index is 12.2. The van der Waals surface area contributed by atoms with E-state index in [0.29, 0.717) is 12.4 Å². The van der Waals surface area contributed by atoms with Crippen LogP contribution in [0.1, 0.15) is 17.5 Å². The highest BCUT2D eigenvalue weighted by Gasteiger charge is 2.39. The van der Waals surface area contributed by atoms with Crippen molar-refractivity contribution in [2.45, 2.75) is 12.5 Å². The van der Waals surface area contributed by atoms with Crippen molar-refractivity contribution in [3.8, 4) is 0 Å². The average molecular weight is 252 g/mol. The molecule has 98 valence electrons. The van der Waals surface area contributed by atoms with Crippen LogP contribution in [0, 0.1) is 0 Å². The van der Waals surface area contributed by atoms with Gasteiger partial charge in [-0.1, -0.05) is 0 Å². The molecule has 1 atom stereocenters. The number of carbonyl (C=O) groups is 2. The van der Waals surface area contributed by atoms with Crippen molar-refractivity contribution in [1.82, 2.24) is 14.5 Å². The molecule has 7 nitrogen and oxygen atoms in total. The summed E-state index contributed by atoms with van der Waals surface area (Å²) in [5.74, 6) is -0.457. The van der Waals surface area contributed by atoms with Crippen molar-refractivity contribution < 1.29 is 14.3 Å². The fourth-order valence-corrected chi connectivity index (χ4v) is 1.91. The van der Waals surface area contributed by atoms with Crippen LogP contribution >= 0.6 is 0 Å². The molecule has 2 rings (SSSR count). The SMILES string of the molecule is Cn1ccnc1C(=O)N1CCO[C@@](C)(C(N)=O)C1. The Morgan fingerprint density at radius 1 is 1.56 bits per heavy atom. The molecule has 0 aliphatic carbocycles. The third-order valence-electron chi connectivity index (χ3n) is 3.10. The average Bonchev–Trinajstić information content (AvgIpc) is 2.74. The molecule has 1 aliphatic heterocycles. The zero-order chi connectivity index (χ0) is 13.3. The normalized spacial score (nSPS) is 24.0. The molecule has 0 radical (unpaired) electrons. The first-order chi connectivity index (χ1) is 8.44.